The van der Waals surface area contributed by atoms with Crippen molar-refractivity contribution < 1.29 is 0 Å². The van der Waals surface area contributed by atoms with E-state index in [4.69, 9.17) is 0 Å². The van der Waals surface area contributed by atoms with E-state index in [1.807, 2.05) is 12.1 Å². The zero-order valence-corrected chi connectivity index (χ0v) is 12.0. The minimum Gasteiger partial charge on any atom is -0.0616 e. The van der Waals surface area contributed by atoms with Gasteiger partial charge in [0, 0.05) is 4.47 Å². The molecule has 3 rings (SSSR count). The lowest BCUT2D eigenvalue weighted by molar-refractivity contribution is 1.60. The fourth-order valence-electron chi connectivity index (χ4n) is 2.19. The minimum atomic E-state index is 1.12. The zero-order chi connectivity index (χ0) is 13.1. The van der Waals surface area contributed by atoms with Gasteiger partial charge in [-0.25, -0.2) is 0 Å². The number of fused-ring (bicyclic) bond motifs is 1. The van der Waals surface area contributed by atoms with Gasteiger partial charge in [0.2, 0.25) is 0 Å². The lowest BCUT2D eigenvalue weighted by atomic mass is 10.0. The molecule has 0 aliphatic heterocycles. The van der Waals surface area contributed by atoms with Crippen LogP contribution in [-0.4, -0.2) is 0 Å². The molecule has 0 aromatic heterocycles. The van der Waals surface area contributed by atoms with Crippen LogP contribution in [0.1, 0.15) is 11.1 Å². The summed E-state index contributed by atoms with van der Waals surface area (Å²) in [5, 5.41) is 2.56. The quantitative estimate of drug-likeness (QED) is 0.527. The molecule has 92 valence electrons. The SMILES string of the molecule is Brc1ccccc1/C=C/c1cccc2ccccc12. The fourth-order valence-corrected chi connectivity index (χ4v) is 2.60. The van der Waals surface area contributed by atoms with E-state index in [2.05, 4.69) is 82.7 Å². The molecule has 1 heteroatoms. The van der Waals surface area contributed by atoms with Crippen molar-refractivity contribution in [3.63, 3.8) is 0 Å². The van der Waals surface area contributed by atoms with Crippen LogP contribution in [0.3, 0.4) is 0 Å². The molecule has 19 heavy (non-hydrogen) atoms. The van der Waals surface area contributed by atoms with Crippen LogP contribution >= 0.6 is 15.9 Å². The van der Waals surface area contributed by atoms with Gasteiger partial charge in [-0.15, -0.1) is 0 Å². The Morgan fingerprint density at radius 2 is 1.26 bits per heavy atom. The highest BCUT2D eigenvalue weighted by Gasteiger charge is 1.97. The molecule has 0 nitrogen and oxygen atoms in total. The predicted molar refractivity (Wildman–Crippen MR) is 87.0 cm³/mol. The van der Waals surface area contributed by atoms with Crippen molar-refractivity contribution in [2.24, 2.45) is 0 Å². The van der Waals surface area contributed by atoms with Gasteiger partial charge >= 0.3 is 0 Å². The van der Waals surface area contributed by atoms with Gasteiger partial charge < -0.3 is 0 Å². The van der Waals surface area contributed by atoms with Crippen LogP contribution in [0, 0.1) is 0 Å². The first-order valence-electron chi connectivity index (χ1n) is 6.25. The number of hydrogen-bond donors (Lipinski definition) is 0. The Kier molecular flexibility index (Phi) is 3.47. The third kappa shape index (κ3) is 2.61. The summed E-state index contributed by atoms with van der Waals surface area (Å²) in [5.41, 5.74) is 2.43. The molecule has 0 aliphatic carbocycles. The molecule has 0 aliphatic rings. The van der Waals surface area contributed by atoms with E-state index < -0.39 is 0 Å². The van der Waals surface area contributed by atoms with E-state index in [1.165, 1.54) is 21.9 Å². The lowest BCUT2D eigenvalue weighted by Crippen LogP contribution is -1.78. The maximum atomic E-state index is 3.57. The average molecular weight is 309 g/mol. The summed E-state index contributed by atoms with van der Waals surface area (Å²) >= 11 is 3.57. The summed E-state index contributed by atoms with van der Waals surface area (Å²) in [4.78, 5) is 0. The molecule has 0 N–H and O–H groups in total. The molecule has 0 heterocycles. The predicted octanol–water partition coefficient (Wildman–Crippen LogP) is 5.77. The van der Waals surface area contributed by atoms with Crippen molar-refractivity contribution in [1.29, 1.82) is 0 Å². The van der Waals surface area contributed by atoms with Crippen molar-refractivity contribution in [3.05, 3.63) is 82.3 Å². The van der Waals surface area contributed by atoms with Crippen LogP contribution in [-0.2, 0) is 0 Å². The van der Waals surface area contributed by atoms with Crippen LogP contribution < -0.4 is 0 Å². The Labute approximate surface area is 121 Å². The summed E-state index contributed by atoms with van der Waals surface area (Å²) < 4.78 is 1.12. The van der Waals surface area contributed by atoms with Crippen molar-refractivity contribution in [3.8, 4) is 0 Å². The normalized spacial score (nSPS) is 11.2. The number of benzene rings is 3. The molecule has 0 radical (unpaired) electrons. The highest BCUT2D eigenvalue weighted by molar-refractivity contribution is 9.10. The maximum absolute atomic E-state index is 3.57. The molecule has 3 aromatic rings. The Bertz CT molecular complexity index is 736. The van der Waals surface area contributed by atoms with Crippen LogP contribution in [0.2, 0.25) is 0 Å². The Morgan fingerprint density at radius 1 is 0.632 bits per heavy atom. The van der Waals surface area contributed by atoms with Crippen LogP contribution in [0.4, 0.5) is 0 Å². The molecule has 0 amide bonds. The molecule has 0 unspecified atom stereocenters. The first kappa shape index (κ1) is 12.2. The Morgan fingerprint density at radius 3 is 2.16 bits per heavy atom. The second-order valence-electron chi connectivity index (χ2n) is 4.42. The summed E-state index contributed by atoms with van der Waals surface area (Å²) in [5.74, 6) is 0. The molecule has 0 bridgehead atoms. The van der Waals surface area contributed by atoms with Gasteiger partial charge in [0.1, 0.15) is 0 Å². The van der Waals surface area contributed by atoms with Gasteiger partial charge in [0.15, 0.2) is 0 Å². The molecule has 0 saturated carbocycles. The largest absolute Gasteiger partial charge is 0.0616 e. The van der Waals surface area contributed by atoms with Crippen LogP contribution in [0.5, 0.6) is 0 Å². The molecular weight excluding hydrogens is 296 g/mol. The minimum absolute atomic E-state index is 1.12. The summed E-state index contributed by atoms with van der Waals surface area (Å²) in [7, 11) is 0. The first-order valence-corrected chi connectivity index (χ1v) is 7.04. The van der Waals surface area contributed by atoms with Crippen molar-refractivity contribution >= 4 is 38.9 Å². The van der Waals surface area contributed by atoms with Gasteiger partial charge in [-0.1, -0.05) is 88.7 Å². The van der Waals surface area contributed by atoms with Gasteiger partial charge in [-0.3, -0.25) is 0 Å². The number of halogens is 1. The summed E-state index contributed by atoms with van der Waals surface area (Å²) in [6, 6.07) is 23.1. The van der Waals surface area contributed by atoms with Crippen molar-refractivity contribution in [2.75, 3.05) is 0 Å². The highest BCUT2D eigenvalue weighted by atomic mass is 79.9. The second-order valence-corrected chi connectivity index (χ2v) is 5.28. The van der Waals surface area contributed by atoms with E-state index in [0.29, 0.717) is 0 Å². The van der Waals surface area contributed by atoms with E-state index in [0.717, 1.165) is 4.47 Å². The summed E-state index contributed by atoms with van der Waals surface area (Å²) in [6.45, 7) is 0. The van der Waals surface area contributed by atoms with E-state index >= 15 is 0 Å². The fraction of sp³-hybridized carbons (Fsp3) is 0. The van der Waals surface area contributed by atoms with Crippen molar-refractivity contribution in [2.45, 2.75) is 0 Å². The van der Waals surface area contributed by atoms with Crippen molar-refractivity contribution in [1.82, 2.24) is 0 Å². The third-order valence-corrected chi connectivity index (χ3v) is 3.89. The Hall–Kier alpha value is -1.86. The maximum Gasteiger partial charge on any atom is 0.0247 e. The molecule has 0 fully saturated rings. The van der Waals surface area contributed by atoms with Crippen LogP contribution in [0.15, 0.2) is 71.2 Å². The van der Waals surface area contributed by atoms with E-state index in [1.54, 1.807) is 0 Å². The summed E-state index contributed by atoms with van der Waals surface area (Å²) in [6.07, 6.45) is 4.31. The molecule has 0 saturated heterocycles. The van der Waals surface area contributed by atoms with Crippen LogP contribution in [0.25, 0.3) is 22.9 Å². The number of rotatable bonds is 2. The monoisotopic (exact) mass is 308 g/mol. The van der Waals surface area contributed by atoms with E-state index in [-0.39, 0.29) is 0 Å². The molecule has 0 atom stereocenters. The highest BCUT2D eigenvalue weighted by Crippen LogP contribution is 2.22. The van der Waals surface area contributed by atoms with Gasteiger partial charge in [0.25, 0.3) is 0 Å². The molecular formula is C18H13Br. The molecule has 0 spiro atoms. The van der Waals surface area contributed by atoms with Gasteiger partial charge in [0.05, 0.1) is 0 Å². The third-order valence-electron chi connectivity index (χ3n) is 3.17. The average Bonchev–Trinajstić information content (AvgIpc) is 2.46. The van der Waals surface area contributed by atoms with E-state index in [9.17, 15) is 0 Å². The number of hydrogen-bond acceptors (Lipinski definition) is 0. The van der Waals surface area contributed by atoms with Gasteiger partial charge in [-0.05, 0) is 28.0 Å². The smallest absolute Gasteiger partial charge is 0.0247 e. The first-order chi connectivity index (χ1) is 9.34. The second kappa shape index (κ2) is 5.41. The Balaban J connectivity index is 2.04. The van der Waals surface area contributed by atoms with Gasteiger partial charge in [-0.2, -0.15) is 0 Å². The molecule has 3 aromatic carbocycles. The topological polar surface area (TPSA) is 0 Å². The zero-order valence-electron chi connectivity index (χ0n) is 10.4. The standard InChI is InChI=1S/C18H13Br/c19-18-11-4-2-7-16(18)13-12-15-9-5-8-14-6-1-3-10-17(14)15/h1-13H/b13-12+. The lowest BCUT2D eigenvalue weighted by Gasteiger charge is -2.02.